The second-order valence-corrected chi connectivity index (χ2v) is 3.72. The molecule has 0 aliphatic heterocycles. The fourth-order valence-electron chi connectivity index (χ4n) is 1.27. The zero-order valence-corrected chi connectivity index (χ0v) is 9.58. The molecule has 1 atom stereocenters. The van der Waals surface area contributed by atoms with Gasteiger partial charge in [-0.15, -0.1) is 0 Å². The second kappa shape index (κ2) is 5.56. The minimum absolute atomic E-state index is 0.0348. The van der Waals surface area contributed by atoms with Crippen molar-refractivity contribution in [3.63, 3.8) is 0 Å². The van der Waals surface area contributed by atoms with Gasteiger partial charge in [0.15, 0.2) is 0 Å². The second-order valence-electron chi connectivity index (χ2n) is 3.29. The molecule has 0 aliphatic carbocycles. The van der Waals surface area contributed by atoms with Crippen LogP contribution in [0.2, 0.25) is 5.02 Å². The van der Waals surface area contributed by atoms with Gasteiger partial charge in [0.2, 0.25) is 5.91 Å². The maximum absolute atomic E-state index is 11.3. The zero-order chi connectivity index (χ0) is 11.3. The Morgan fingerprint density at radius 3 is 2.87 bits per heavy atom. The molecule has 0 heterocycles. The molecular weight excluding hydrogens is 210 g/mol. The summed E-state index contributed by atoms with van der Waals surface area (Å²) in [5.74, 6) is -0.0926. The normalized spacial score (nSPS) is 12.7. The molecule has 0 radical (unpaired) electrons. The molecule has 1 rings (SSSR count). The lowest BCUT2D eigenvalue weighted by Crippen LogP contribution is -2.24. The number of halogens is 1. The van der Waals surface area contributed by atoms with E-state index in [1.165, 1.54) is 6.08 Å². The molecule has 0 aliphatic rings. The van der Waals surface area contributed by atoms with E-state index in [2.05, 4.69) is 5.32 Å². The third-order valence-electron chi connectivity index (χ3n) is 2.03. The highest BCUT2D eigenvalue weighted by atomic mass is 35.5. The third kappa shape index (κ3) is 3.76. The van der Waals surface area contributed by atoms with Crippen molar-refractivity contribution in [1.82, 2.24) is 5.32 Å². The molecule has 3 heteroatoms. The number of carbonyl (C=O) groups excluding carboxylic acids is 1. The van der Waals surface area contributed by atoms with Gasteiger partial charge in [0.1, 0.15) is 0 Å². The Morgan fingerprint density at radius 2 is 2.27 bits per heavy atom. The number of carbonyl (C=O) groups is 1. The van der Waals surface area contributed by atoms with Gasteiger partial charge in [-0.25, -0.2) is 0 Å². The van der Waals surface area contributed by atoms with Crippen LogP contribution in [0.3, 0.4) is 0 Å². The average molecular weight is 224 g/mol. The average Bonchev–Trinajstić information content (AvgIpc) is 2.18. The van der Waals surface area contributed by atoms with E-state index in [-0.39, 0.29) is 11.9 Å². The van der Waals surface area contributed by atoms with E-state index >= 15 is 0 Å². The summed E-state index contributed by atoms with van der Waals surface area (Å²) in [6.07, 6.45) is 3.21. The van der Waals surface area contributed by atoms with Crippen LogP contribution in [0.5, 0.6) is 0 Å². The number of allylic oxidation sites excluding steroid dienone is 1. The Labute approximate surface area is 94.9 Å². The maximum Gasteiger partial charge on any atom is 0.244 e. The standard InChI is InChI=1S/C12H14ClNO/c1-3-5-12(15)14-9(2)10-6-4-7-11(13)8-10/h3-9H,1-2H3,(H,14,15)/b5-3+/t9-/m1/s1. The van der Waals surface area contributed by atoms with Crippen molar-refractivity contribution >= 4 is 17.5 Å². The topological polar surface area (TPSA) is 29.1 Å². The summed E-state index contributed by atoms with van der Waals surface area (Å²) < 4.78 is 0. The third-order valence-corrected chi connectivity index (χ3v) is 2.26. The zero-order valence-electron chi connectivity index (χ0n) is 8.83. The van der Waals surface area contributed by atoms with Crippen LogP contribution in [0.25, 0.3) is 0 Å². The quantitative estimate of drug-likeness (QED) is 0.784. The molecule has 0 fully saturated rings. The van der Waals surface area contributed by atoms with Gasteiger partial charge in [-0.2, -0.15) is 0 Å². The Kier molecular flexibility index (Phi) is 4.37. The Hall–Kier alpha value is -1.28. The molecule has 0 aromatic heterocycles. The fourth-order valence-corrected chi connectivity index (χ4v) is 1.47. The highest BCUT2D eigenvalue weighted by molar-refractivity contribution is 6.30. The minimum Gasteiger partial charge on any atom is -0.346 e. The van der Waals surface area contributed by atoms with Crippen LogP contribution in [0, 0.1) is 0 Å². The van der Waals surface area contributed by atoms with Crippen LogP contribution < -0.4 is 5.32 Å². The molecular formula is C12H14ClNO. The van der Waals surface area contributed by atoms with Crippen LogP contribution >= 0.6 is 11.6 Å². The number of benzene rings is 1. The summed E-state index contributed by atoms with van der Waals surface area (Å²) in [7, 11) is 0. The number of rotatable bonds is 3. The summed E-state index contributed by atoms with van der Waals surface area (Å²) in [5.41, 5.74) is 1.00. The molecule has 0 saturated carbocycles. The van der Waals surface area contributed by atoms with Crippen molar-refractivity contribution in [2.24, 2.45) is 0 Å². The van der Waals surface area contributed by atoms with Gasteiger partial charge in [-0.3, -0.25) is 4.79 Å². The van der Waals surface area contributed by atoms with Crippen molar-refractivity contribution in [2.45, 2.75) is 19.9 Å². The summed E-state index contributed by atoms with van der Waals surface area (Å²) in [5, 5.41) is 3.52. The number of amides is 1. The predicted molar refractivity (Wildman–Crippen MR) is 62.8 cm³/mol. The first-order valence-corrected chi connectivity index (χ1v) is 5.20. The molecule has 2 nitrogen and oxygen atoms in total. The molecule has 80 valence electrons. The maximum atomic E-state index is 11.3. The number of nitrogens with one attached hydrogen (secondary N) is 1. The summed E-state index contributed by atoms with van der Waals surface area (Å²) in [6.45, 7) is 3.73. The SMILES string of the molecule is C/C=C/C(=O)N[C@H](C)c1cccc(Cl)c1. The van der Waals surface area contributed by atoms with Gasteiger partial charge in [-0.1, -0.05) is 29.8 Å². The van der Waals surface area contributed by atoms with Gasteiger partial charge in [0, 0.05) is 5.02 Å². The summed E-state index contributed by atoms with van der Waals surface area (Å²) >= 11 is 5.86. The lowest BCUT2D eigenvalue weighted by atomic mass is 10.1. The molecule has 0 saturated heterocycles. The van der Waals surface area contributed by atoms with E-state index in [4.69, 9.17) is 11.6 Å². The van der Waals surface area contributed by atoms with E-state index in [0.29, 0.717) is 5.02 Å². The van der Waals surface area contributed by atoms with E-state index in [1.807, 2.05) is 38.1 Å². The molecule has 1 aromatic rings. The van der Waals surface area contributed by atoms with Gasteiger partial charge < -0.3 is 5.32 Å². The Bertz CT molecular complexity index is 374. The van der Waals surface area contributed by atoms with Crippen molar-refractivity contribution in [3.05, 3.63) is 47.0 Å². The van der Waals surface area contributed by atoms with Crippen molar-refractivity contribution < 1.29 is 4.79 Å². The lowest BCUT2D eigenvalue weighted by molar-refractivity contribution is -0.117. The highest BCUT2D eigenvalue weighted by Crippen LogP contribution is 2.17. The first-order valence-electron chi connectivity index (χ1n) is 4.82. The van der Waals surface area contributed by atoms with E-state index in [9.17, 15) is 4.79 Å². The summed E-state index contributed by atoms with van der Waals surface area (Å²) in [4.78, 5) is 11.3. The van der Waals surface area contributed by atoms with Crippen molar-refractivity contribution in [1.29, 1.82) is 0 Å². The van der Waals surface area contributed by atoms with Gasteiger partial charge in [0.05, 0.1) is 6.04 Å². The Balaban J connectivity index is 2.68. The molecule has 15 heavy (non-hydrogen) atoms. The highest BCUT2D eigenvalue weighted by Gasteiger charge is 2.06. The first kappa shape index (κ1) is 11.8. The largest absolute Gasteiger partial charge is 0.346 e. The van der Waals surface area contributed by atoms with Crippen LogP contribution in [0.4, 0.5) is 0 Å². The van der Waals surface area contributed by atoms with Gasteiger partial charge in [-0.05, 0) is 37.6 Å². The van der Waals surface area contributed by atoms with Crippen LogP contribution in [0.1, 0.15) is 25.5 Å². The predicted octanol–water partition coefficient (Wildman–Crippen LogP) is 3.09. The van der Waals surface area contributed by atoms with Crippen LogP contribution in [-0.4, -0.2) is 5.91 Å². The molecule has 1 aromatic carbocycles. The molecule has 1 N–H and O–H groups in total. The van der Waals surface area contributed by atoms with Crippen molar-refractivity contribution in [3.8, 4) is 0 Å². The number of hydrogen-bond donors (Lipinski definition) is 1. The number of hydrogen-bond acceptors (Lipinski definition) is 1. The van der Waals surface area contributed by atoms with E-state index in [1.54, 1.807) is 6.08 Å². The van der Waals surface area contributed by atoms with Gasteiger partial charge >= 0.3 is 0 Å². The van der Waals surface area contributed by atoms with Gasteiger partial charge in [0.25, 0.3) is 0 Å². The van der Waals surface area contributed by atoms with E-state index < -0.39 is 0 Å². The Morgan fingerprint density at radius 1 is 1.53 bits per heavy atom. The lowest BCUT2D eigenvalue weighted by Gasteiger charge is -2.12. The molecule has 0 spiro atoms. The van der Waals surface area contributed by atoms with E-state index in [0.717, 1.165) is 5.56 Å². The smallest absolute Gasteiger partial charge is 0.244 e. The van der Waals surface area contributed by atoms with Crippen LogP contribution in [-0.2, 0) is 4.79 Å². The summed E-state index contributed by atoms with van der Waals surface area (Å²) in [6, 6.07) is 7.43. The first-order chi connectivity index (χ1) is 7.13. The van der Waals surface area contributed by atoms with Crippen LogP contribution in [0.15, 0.2) is 36.4 Å². The van der Waals surface area contributed by atoms with Crippen molar-refractivity contribution in [2.75, 3.05) is 0 Å². The molecule has 0 bridgehead atoms. The monoisotopic (exact) mass is 223 g/mol. The minimum atomic E-state index is -0.0926. The molecule has 0 unspecified atom stereocenters. The molecule has 1 amide bonds. The fraction of sp³-hybridized carbons (Fsp3) is 0.250.